The molecule has 0 aromatic heterocycles. The van der Waals surface area contributed by atoms with Gasteiger partial charge in [0.15, 0.2) is 0 Å². The molecule has 0 saturated heterocycles. The third kappa shape index (κ3) is 3.28. The largest absolute Gasteiger partial charge is 0.351 e. The molecule has 5 N–H and O–H groups in total. The first-order valence-electron chi connectivity index (χ1n) is 4.25. The van der Waals surface area contributed by atoms with Crippen molar-refractivity contribution in [3.63, 3.8) is 0 Å². The lowest BCUT2D eigenvalue weighted by atomic mass is 10.2. The molecule has 1 rings (SSSR count). The van der Waals surface area contributed by atoms with E-state index in [1.807, 2.05) is 24.3 Å². The molecule has 4 nitrogen and oxygen atoms in total. The van der Waals surface area contributed by atoms with Crippen molar-refractivity contribution in [2.45, 2.75) is 0 Å². The summed E-state index contributed by atoms with van der Waals surface area (Å²) in [5, 5.41) is 2.48. The molecule has 14 heavy (non-hydrogen) atoms. The van der Waals surface area contributed by atoms with Crippen molar-refractivity contribution in [3.05, 3.63) is 35.9 Å². The number of benzene rings is 1. The van der Waals surface area contributed by atoms with Crippen LogP contribution in [0.4, 0.5) is 10.5 Å². The Labute approximate surface area is 82.6 Å². The lowest BCUT2D eigenvalue weighted by Gasteiger charge is -2.01. The van der Waals surface area contributed by atoms with Gasteiger partial charge in [0.25, 0.3) is 0 Å². The number of hydrogen-bond donors (Lipinski definition) is 3. The number of urea groups is 1. The van der Waals surface area contributed by atoms with Crippen LogP contribution in [0.2, 0.25) is 0 Å². The van der Waals surface area contributed by atoms with Gasteiger partial charge in [-0.05, 0) is 17.7 Å². The van der Waals surface area contributed by atoms with Crippen molar-refractivity contribution in [3.8, 4) is 0 Å². The van der Waals surface area contributed by atoms with E-state index in [9.17, 15) is 4.79 Å². The molecule has 0 unspecified atom stereocenters. The van der Waals surface area contributed by atoms with E-state index in [0.29, 0.717) is 12.2 Å². The molecule has 0 aliphatic carbocycles. The molecule has 0 aliphatic heterocycles. The number of hydrogen-bond acceptors (Lipinski definition) is 2. The van der Waals surface area contributed by atoms with E-state index in [0.717, 1.165) is 5.56 Å². The molecule has 1 aromatic rings. The zero-order chi connectivity index (χ0) is 10.4. The molecule has 2 amide bonds. The Bertz CT molecular complexity index is 330. The lowest BCUT2D eigenvalue weighted by molar-refractivity contribution is 0.259. The molecule has 0 fully saturated rings. The number of carbonyl (C=O) groups excluding carboxylic acids is 1. The topological polar surface area (TPSA) is 81.1 Å². The first-order valence-corrected chi connectivity index (χ1v) is 4.25. The van der Waals surface area contributed by atoms with E-state index >= 15 is 0 Å². The third-order valence-corrected chi connectivity index (χ3v) is 1.62. The van der Waals surface area contributed by atoms with Crippen LogP contribution >= 0.6 is 0 Å². The molecule has 74 valence electrons. The fourth-order valence-electron chi connectivity index (χ4n) is 1.02. The second-order valence-corrected chi connectivity index (χ2v) is 2.75. The van der Waals surface area contributed by atoms with Crippen LogP contribution in [0.1, 0.15) is 5.56 Å². The van der Waals surface area contributed by atoms with E-state index in [-0.39, 0.29) is 0 Å². The molecule has 0 aliphatic rings. The van der Waals surface area contributed by atoms with Crippen LogP contribution in [0, 0.1) is 0 Å². The fraction of sp³-hybridized carbons (Fsp3) is 0.100. The van der Waals surface area contributed by atoms with Crippen molar-refractivity contribution >= 4 is 17.8 Å². The second-order valence-electron chi connectivity index (χ2n) is 2.75. The molecule has 0 heterocycles. The highest BCUT2D eigenvalue weighted by Gasteiger charge is 1.94. The van der Waals surface area contributed by atoms with Crippen molar-refractivity contribution in [2.24, 2.45) is 11.5 Å². The number of primary amides is 1. The minimum Gasteiger partial charge on any atom is -0.351 e. The number of nitrogens with one attached hydrogen (secondary N) is 1. The van der Waals surface area contributed by atoms with E-state index in [1.54, 1.807) is 12.1 Å². The average molecular weight is 191 g/mol. The third-order valence-electron chi connectivity index (χ3n) is 1.62. The Hall–Kier alpha value is -1.81. The smallest absolute Gasteiger partial charge is 0.316 e. The Morgan fingerprint density at radius 3 is 2.50 bits per heavy atom. The number of rotatable bonds is 3. The molecule has 0 spiro atoms. The Kier molecular flexibility index (Phi) is 3.69. The van der Waals surface area contributed by atoms with Gasteiger partial charge in [-0.1, -0.05) is 24.3 Å². The van der Waals surface area contributed by atoms with Crippen molar-refractivity contribution < 1.29 is 4.79 Å². The van der Waals surface area contributed by atoms with Gasteiger partial charge in [-0.25, -0.2) is 4.79 Å². The Morgan fingerprint density at radius 1 is 1.36 bits per heavy atom. The summed E-state index contributed by atoms with van der Waals surface area (Å²) in [6.45, 7) is 0.515. The highest BCUT2D eigenvalue weighted by Crippen LogP contribution is 2.10. The van der Waals surface area contributed by atoms with Gasteiger partial charge in [-0.15, -0.1) is 0 Å². The molecule has 4 heteroatoms. The van der Waals surface area contributed by atoms with Gasteiger partial charge >= 0.3 is 6.03 Å². The molecule has 0 atom stereocenters. The quantitative estimate of drug-likeness (QED) is 0.669. The second kappa shape index (κ2) is 5.04. The zero-order valence-electron chi connectivity index (χ0n) is 7.73. The van der Waals surface area contributed by atoms with E-state index in [1.165, 1.54) is 0 Å². The predicted octanol–water partition coefficient (Wildman–Crippen LogP) is 1.15. The van der Waals surface area contributed by atoms with Crippen LogP contribution in [-0.4, -0.2) is 12.6 Å². The van der Waals surface area contributed by atoms with E-state index < -0.39 is 6.03 Å². The maximum Gasteiger partial charge on any atom is 0.316 e. The number of carbonyl (C=O) groups is 1. The van der Waals surface area contributed by atoms with Gasteiger partial charge in [-0.2, -0.15) is 0 Å². The highest BCUT2D eigenvalue weighted by molar-refractivity contribution is 5.87. The lowest BCUT2D eigenvalue weighted by Crippen LogP contribution is -2.19. The number of anilines is 1. The molecular weight excluding hydrogens is 178 g/mol. The van der Waals surface area contributed by atoms with E-state index in [4.69, 9.17) is 11.5 Å². The van der Waals surface area contributed by atoms with Crippen molar-refractivity contribution in [1.82, 2.24) is 0 Å². The molecule has 0 bridgehead atoms. The van der Waals surface area contributed by atoms with Crippen LogP contribution in [-0.2, 0) is 0 Å². The van der Waals surface area contributed by atoms with Gasteiger partial charge in [0.05, 0.1) is 0 Å². The van der Waals surface area contributed by atoms with Crippen LogP contribution in [0.3, 0.4) is 0 Å². The standard InChI is InChI=1S/C10H13N3O/c11-7-1-2-8-3-5-9(6-4-8)13-10(12)14/h1-6H,7,11H2,(H3,12,13,14)/b2-1+. The average Bonchev–Trinajstić information content (AvgIpc) is 2.16. The molecular formula is C10H13N3O. The van der Waals surface area contributed by atoms with E-state index in [2.05, 4.69) is 5.32 Å². The monoisotopic (exact) mass is 191 g/mol. The fourth-order valence-corrected chi connectivity index (χ4v) is 1.02. The van der Waals surface area contributed by atoms with Gasteiger partial charge in [-0.3, -0.25) is 0 Å². The number of amides is 2. The summed E-state index contributed by atoms with van der Waals surface area (Å²) in [7, 11) is 0. The van der Waals surface area contributed by atoms with Crippen molar-refractivity contribution in [2.75, 3.05) is 11.9 Å². The summed E-state index contributed by atoms with van der Waals surface area (Å²) < 4.78 is 0. The summed E-state index contributed by atoms with van der Waals surface area (Å²) in [4.78, 5) is 10.5. The highest BCUT2D eigenvalue weighted by atomic mass is 16.2. The van der Waals surface area contributed by atoms with Gasteiger partial charge in [0.1, 0.15) is 0 Å². The Balaban J connectivity index is 2.68. The van der Waals surface area contributed by atoms with Crippen molar-refractivity contribution in [1.29, 1.82) is 0 Å². The first-order chi connectivity index (χ1) is 6.72. The van der Waals surface area contributed by atoms with Gasteiger partial charge in [0.2, 0.25) is 0 Å². The van der Waals surface area contributed by atoms with Crippen LogP contribution in [0.25, 0.3) is 6.08 Å². The first kappa shape index (κ1) is 10.3. The summed E-state index contributed by atoms with van der Waals surface area (Å²) >= 11 is 0. The van der Waals surface area contributed by atoms with Gasteiger partial charge in [0, 0.05) is 12.2 Å². The van der Waals surface area contributed by atoms with Crippen LogP contribution < -0.4 is 16.8 Å². The maximum absolute atomic E-state index is 10.5. The van der Waals surface area contributed by atoms with Gasteiger partial charge < -0.3 is 16.8 Å². The normalized spacial score (nSPS) is 10.4. The Morgan fingerprint density at radius 2 is 2.00 bits per heavy atom. The summed E-state index contributed by atoms with van der Waals surface area (Å²) in [6, 6.07) is 6.74. The molecule has 1 aromatic carbocycles. The SMILES string of the molecule is NC/C=C/c1ccc(NC(N)=O)cc1. The number of nitrogens with two attached hydrogens (primary N) is 2. The molecule has 0 radical (unpaired) electrons. The minimum absolute atomic E-state index is 0.515. The minimum atomic E-state index is -0.560. The summed E-state index contributed by atoms with van der Waals surface area (Å²) in [6.07, 6.45) is 3.77. The zero-order valence-corrected chi connectivity index (χ0v) is 7.73. The summed E-state index contributed by atoms with van der Waals surface area (Å²) in [5.74, 6) is 0. The molecule has 0 saturated carbocycles. The maximum atomic E-state index is 10.5. The summed E-state index contributed by atoms with van der Waals surface area (Å²) in [5.41, 5.74) is 12.0. The van der Waals surface area contributed by atoms with Crippen LogP contribution in [0.15, 0.2) is 30.3 Å². The van der Waals surface area contributed by atoms with Crippen LogP contribution in [0.5, 0.6) is 0 Å². The predicted molar refractivity (Wildman–Crippen MR) is 57.7 cm³/mol.